The SMILES string of the molecule is Cc1ccc(CN2CCN(C(=O)Cc3ccccc3)CC2)cc1. The summed E-state index contributed by atoms with van der Waals surface area (Å²) in [5.74, 6) is 0.242. The van der Waals surface area contributed by atoms with Gasteiger partial charge in [-0.05, 0) is 18.1 Å². The zero-order valence-electron chi connectivity index (χ0n) is 13.7. The maximum absolute atomic E-state index is 12.4. The summed E-state index contributed by atoms with van der Waals surface area (Å²) >= 11 is 0. The molecule has 0 aliphatic carbocycles. The molecule has 1 saturated heterocycles. The number of amides is 1. The van der Waals surface area contributed by atoms with Crippen LogP contribution in [0.3, 0.4) is 0 Å². The van der Waals surface area contributed by atoms with Crippen molar-refractivity contribution in [1.29, 1.82) is 0 Å². The Morgan fingerprint density at radius 2 is 1.52 bits per heavy atom. The lowest BCUT2D eigenvalue weighted by molar-refractivity contribution is -0.132. The molecule has 1 heterocycles. The first-order valence-corrected chi connectivity index (χ1v) is 8.30. The Kier molecular flexibility index (Phi) is 5.09. The van der Waals surface area contributed by atoms with Gasteiger partial charge in [-0.25, -0.2) is 0 Å². The van der Waals surface area contributed by atoms with Gasteiger partial charge in [-0.3, -0.25) is 9.69 Å². The summed E-state index contributed by atoms with van der Waals surface area (Å²) in [6.07, 6.45) is 0.513. The molecular formula is C20H24N2O. The van der Waals surface area contributed by atoms with Crippen LogP contribution in [0.2, 0.25) is 0 Å². The van der Waals surface area contributed by atoms with Crippen LogP contribution in [0.5, 0.6) is 0 Å². The number of rotatable bonds is 4. The molecule has 3 nitrogen and oxygen atoms in total. The highest BCUT2D eigenvalue weighted by molar-refractivity contribution is 5.78. The lowest BCUT2D eigenvalue weighted by atomic mass is 10.1. The Hall–Kier alpha value is -2.13. The van der Waals surface area contributed by atoms with Crippen LogP contribution in [-0.2, 0) is 17.8 Å². The first-order chi connectivity index (χ1) is 11.2. The Balaban J connectivity index is 1.48. The minimum atomic E-state index is 0.242. The molecule has 0 atom stereocenters. The second kappa shape index (κ2) is 7.42. The first kappa shape index (κ1) is 15.8. The summed E-state index contributed by atoms with van der Waals surface area (Å²) < 4.78 is 0. The summed E-state index contributed by atoms with van der Waals surface area (Å²) in [7, 11) is 0. The second-order valence-corrected chi connectivity index (χ2v) is 6.30. The van der Waals surface area contributed by atoms with E-state index in [2.05, 4.69) is 36.1 Å². The number of carbonyl (C=O) groups excluding carboxylic acids is 1. The van der Waals surface area contributed by atoms with Crippen LogP contribution < -0.4 is 0 Å². The van der Waals surface area contributed by atoms with Gasteiger partial charge in [0.15, 0.2) is 0 Å². The predicted molar refractivity (Wildman–Crippen MR) is 93.2 cm³/mol. The maximum Gasteiger partial charge on any atom is 0.227 e. The molecule has 2 aromatic rings. The van der Waals surface area contributed by atoms with Crippen LogP contribution in [0.1, 0.15) is 16.7 Å². The lowest BCUT2D eigenvalue weighted by Gasteiger charge is -2.34. The topological polar surface area (TPSA) is 23.6 Å². The quantitative estimate of drug-likeness (QED) is 0.867. The summed E-state index contributed by atoms with van der Waals surface area (Å²) in [5, 5.41) is 0. The van der Waals surface area contributed by atoms with E-state index >= 15 is 0 Å². The Bertz CT molecular complexity index is 628. The second-order valence-electron chi connectivity index (χ2n) is 6.30. The monoisotopic (exact) mass is 308 g/mol. The highest BCUT2D eigenvalue weighted by Gasteiger charge is 2.21. The molecular weight excluding hydrogens is 284 g/mol. The minimum absolute atomic E-state index is 0.242. The van der Waals surface area contributed by atoms with E-state index in [0.29, 0.717) is 6.42 Å². The standard InChI is InChI=1S/C20H24N2O/c1-17-7-9-19(10-8-17)16-21-11-13-22(14-12-21)20(23)15-18-5-3-2-4-6-18/h2-10H,11-16H2,1H3. The number of hydrogen-bond donors (Lipinski definition) is 0. The van der Waals surface area contributed by atoms with Gasteiger partial charge >= 0.3 is 0 Å². The van der Waals surface area contributed by atoms with Crippen LogP contribution in [0.4, 0.5) is 0 Å². The van der Waals surface area contributed by atoms with Crippen molar-refractivity contribution >= 4 is 5.91 Å². The molecule has 0 unspecified atom stereocenters. The molecule has 3 heteroatoms. The van der Waals surface area contributed by atoms with Gasteiger partial charge in [0.1, 0.15) is 0 Å². The van der Waals surface area contributed by atoms with E-state index in [4.69, 9.17) is 0 Å². The third kappa shape index (κ3) is 4.42. The van der Waals surface area contributed by atoms with Crippen molar-refractivity contribution in [2.45, 2.75) is 19.9 Å². The van der Waals surface area contributed by atoms with Gasteiger partial charge < -0.3 is 4.90 Å². The van der Waals surface area contributed by atoms with Crippen molar-refractivity contribution in [3.8, 4) is 0 Å². The molecule has 0 saturated carbocycles. The van der Waals surface area contributed by atoms with Crippen molar-refractivity contribution in [3.63, 3.8) is 0 Å². The summed E-state index contributed by atoms with van der Waals surface area (Å²) in [6.45, 7) is 6.65. The minimum Gasteiger partial charge on any atom is -0.340 e. The average Bonchev–Trinajstić information content (AvgIpc) is 2.58. The van der Waals surface area contributed by atoms with Gasteiger partial charge in [-0.1, -0.05) is 60.2 Å². The largest absolute Gasteiger partial charge is 0.340 e. The molecule has 1 fully saturated rings. The van der Waals surface area contributed by atoms with Crippen LogP contribution in [0.25, 0.3) is 0 Å². The molecule has 120 valence electrons. The van der Waals surface area contributed by atoms with E-state index in [0.717, 1.165) is 38.3 Å². The summed E-state index contributed by atoms with van der Waals surface area (Å²) in [5.41, 5.74) is 3.74. The van der Waals surface area contributed by atoms with Crippen LogP contribution in [0.15, 0.2) is 54.6 Å². The molecule has 1 amide bonds. The van der Waals surface area contributed by atoms with Crippen LogP contribution in [0, 0.1) is 6.92 Å². The molecule has 0 spiro atoms. The number of hydrogen-bond acceptors (Lipinski definition) is 2. The molecule has 23 heavy (non-hydrogen) atoms. The van der Waals surface area contributed by atoms with Gasteiger partial charge in [0.25, 0.3) is 0 Å². The van der Waals surface area contributed by atoms with Crippen molar-refractivity contribution in [1.82, 2.24) is 9.80 Å². The van der Waals surface area contributed by atoms with Crippen molar-refractivity contribution < 1.29 is 4.79 Å². The average molecular weight is 308 g/mol. The maximum atomic E-state index is 12.4. The van der Waals surface area contributed by atoms with Crippen molar-refractivity contribution in [3.05, 3.63) is 71.3 Å². The Morgan fingerprint density at radius 3 is 2.17 bits per heavy atom. The molecule has 2 aromatic carbocycles. The number of benzene rings is 2. The fraction of sp³-hybridized carbons (Fsp3) is 0.350. The van der Waals surface area contributed by atoms with Gasteiger partial charge in [0.2, 0.25) is 5.91 Å². The third-order valence-corrected chi connectivity index (χ3v) is 4.45. The smallest absolute Gasteiger partial charge is 0.227 e. The summed E-state index contributed by atoms with van der Waals surface area (Å²) in [6, 6.07) is 18.7. The zero-order chi connectivity index (χ0) is 16.1. The number of nitrogens with zero attached hydrogens (tertiary/aromatic N) is 2. The highest BCUT2D eigenvalue weighted by atomic mass is 16.2. The molecule has 0 aromatic heterocycles. The highest BCUT2D eigenvalue weighted by Crippen LogP contribution is 2.11. The number of carbonyl (C=O) groups is 1. The van der Waals surface area contributed by atoms with E-state index < -0.39 is 0 Å². The Morgan fingerprint density at radius 1 is 0.870 bits per heavy atom. The molecule has 1 aliphatic rings. The Labute approximate surface area is 138 Å². The number of aryl methyl sites for hydroxylation is 1. The molecule has 0 N–H and O–H groups in total. The predicted octanol–water partition coefficient (Wildman–Crippen LogP) is 2.88. The zero-order valence-corrected chi connectivity index (χ0v) is 13.7. The van der Waals surface area contributed by atoms with Crippen molar-refractivity contribution in [2.75, 3.05) is 26.2 Å². The fourth-order valence-corrected chi connectivity index (χ4v) is 2.99. The molecule has 3 rings (SSSR count). The van der Waals surface area contributed by atoms with Crippen LogP contribution in [-0.4, -0.2) is 41.9 Å². The van der Waals surface area contributed by atoms with E-state index in [1.807, 2.05) is 35.2 Å². The third-order valence-electron chi connectivity index (χ3n) is 4.45. The lowest BCUT2D eigenvalue weighted by Crippen LogP contribution is -2.48. The first-order valence-electron chi connectivity index (χ1n) is 8.30. The van der Waals surface area contributed by atoms with Crippen molar-refractivity contribution in [2.24, 2.45) is 0 Å². The summed E-state index contributed by atoms with van der Waals surface area (Å²) in [4.78, 5) is 16.8. The van der Waals surface area contributed by atoms with Gasteiger partial charge in [-0.2, -0.15) is 0 Å². The fourth-order valence-electron chi connectivity index (χ4n) is 2.99. The van der Waals surface area contributed by atoms with E-state index in [9.17, 15) is 4.79 Å². The van der Waals surface area contributed by atoms with Gasteiger partial charge in [0, 0.05) is 32.7 Å². The number of piperazine rings is 1. The molecule has 0 bridgehead atoms. The molecule has 1 aliphatic heterocycles. The van der Waals surface area contributed by atoms with Gasteiger partial charge in [0.05, 0.1) is 6.42 Å². The van der Waals surface area contributed by atoms with E-state index in [-0.39, 0.29) is 5.91 Å². The van der Waals surface area contributed by atoms with Crippen LogP contribution >= 0.6 is 0 Å². The van der Waals surface area contributed by atoms with E-state index in [1.54, 1.807) is 0 Å². The molecule has 0 radical (unpaired) electrons. The van der Waals surface area contributed by atoms with Gasteiger partial charge in [-0.15, -0.1) is 0 Å². The normalized spacial score (nSPS) is 15.6. The van der Waals surface area contributed by atoms with E-state index in [1.165, 1.54) is 11.1 Å².